The third-order valence-electron chi connectivity index (χ3n) is 3.31. The van der Waals surface area contributed by atoms with Gasteiger partial charge in [0.15, 0.2) is 18.1 Å². The van der Waals surface area contributed by atoms with Gasteiger partial charge in [-0.1, -0.05) is 12.1 Å². The van der Waals surface area contributed by atoms with Crippen LogP contribution < -0.4 is 20.3 Å². The first-order chi connectivity index (χ1) is 13.5. The van der Waals surface area contributed by atoms with Gasteiger partial charge in [0.25, 0.3) is 11.8 Å². The Hall–Kier alpha value is -3.33. The standard InChI is InChI=1S/C19H20N2O6S/c1-3-26-14-8-6-13(11-15(14)25-2)7-9-18(23)27-12-17(22)20-21-19(24)16-5-4-10-28-16/h4-11H,3,12H2,1-2H3,(H,20,22)(H,21,24)/b9-7+. The number of amides is 2. The van der Waals surface area contributed by atoms with E-state index in [9.17, 15) is 14.4 Å². The summed E-state index contributed by atoms with van der Waals surface area (Å²) in [5, 5.41) is 1.74. The molecule has 0 radical (unpaired) electrons. The van der Waals surface area contributed by atoms with E-state index in [-0.39, 0.29) is 0 Å². The number of hydrazine groups is 1. The topological polar surface area (TPSA) is 103 Å². The maximum Gasteiger partial charge on any atom is 0.331 e. The summed E-state index contributed by atoms with van der Waals surface area (Å²) in [5.74, 6) is -0.662. The van der Waals surface area contributed by atoms with Crippen LogP contribution in [0.4, 0.5) is 0 Å². The molecule has 0 saturated carbocycles. The van der Waals surface area contributed by atoms with E-state index in [4.69, 9.17) is 14.2 Å². The number of benzene rings is 1. The molecule has 2 amide bonds. The molecule has 0 aliphatic rings. The van der Waals surface area contributed by atoms with Crippen LogP contribution in [0.5, 0.6) is 11.5 Å². The van der Waals surface area contributed by atoms with Gasteiger partial charge < -0.3 is 14.2 Å². The second-order valence-electron chi connectivity index (χ2n) is 5.26. The molecule has 0 unspecified atom stereocenters. The molecule has 1 aromatic heterocycles. The van der Waals surface area contributed by atoms with Gasteiger partial charge in [-0.3, -0.25) is 20.4 Å². The Morgan fingerprint density at radius 2 is 1.96 bits per heavy atom. The van der Waals surface area contributed by atoms with Gasteiger partial charge in [-0.25, -0.2) is 4.79 Å². The molecule has 0 aliphatic carbocycles. The minimum Gasteiger partial charge on any atom is -0.493 e. The number of carbonyl (C=O) groups is 3. The Balaban J connectivity index is 1.78. The summed E-state index contributed by atoms with van der Waals surface area (Å²) in [5.41, 5.74) is 5.10. The Morgan fingerprint density at radius 3 is 2.64 bits per heavy atom. The van der Waals surface area contributed by atoms with Crippen LogP contribution in [-0.4, -0.2) is 38.1 Å². The SMILES string of the molecule is CCOc1ccc(/C=C/C(=O)OCC(=O)NNC(=O)c2cccs2)cc1OC. The van der Waals surface area contributed by atoms with Crippen molar-refractivity contribution in [1.82, 2.24) is 10.9 Å². The van der Waals surface area contributed by atoms with Crippen molar-refractivity contribution in [2.75, 3.05) is 20.3 Å². The van der Waals surface area contributed by atoms with Crippen LogP contribution >= 0.6 is 11.3 Å². The number of hydrogen-bond acceptors (Lipinski definition) is 7. The van der Waals surface area contributed by atoms with Crippen molar-refractivity contribution < 1.29 is 28.6 Å². The highest BCUT2D eigenvalue weighted by atomic mass is 32.1. The zero-order valence-electron chi connectivity index (χ0n) is 15.4. The minimum absolute atomic E-state index is 0.445. The number of hydrogen-bond donors (Lipinski definition) is 2. The van der Waals surface area contributed by atoms with Crippen LogP contribution in [0.1, 0.15) is 22.2 Å². The third kappa shape index (κ3) is 6.44. The van der Waals surface area contributed by atoms with Gasteiger partial charge >= 0.3 is 5.97 Å². The Morgan fingerprint density at radius 1 is 1.14 bits per heavy atom. The van der Waals surface area contributed by atoms with E-state index in [0.717, 1.165) is 0 Å². The van der Waals surface area contributed by atoms with E-state index in [1.54, 1.807) is 35.7 Å². The molecule has 0 atom stereocenters. The number of rotatable bonds is 8. The summed E-state index contributed by atoms with van der Waals surface area (Å²) >= 11 is 1.24. The molecule has 1 aromatic carbocycles. The van der Waals surface area contributed by atoms with E-state index < -0.39 is 24.4 Å². The zero-order chi connectivity index (χ0) is 20.4. The maximum absolute atomic E-state index is 11.7. The number of methoxy groups -OCH3 is 1. The molecule has 2 aromatic rings. The molecule has 148 valence electrons. The molecule has 0 saturated heterocycles. The molecule has 2 rings (SSSR count). The normalized spacial score (nSPS) is 10.4. The summed E-state index contributed by atoms with van der Waals surface area (Å²) in [6.45, 7) is 1.85. The lowest BCUT2D eigenvalue weighted by molar-refractivity contribution is -0.144. The van der Waals surface area contributed by atoms with E-state index in [0.29, 0.717) is 28.5 Å². The third-order valence-corrected chi connectivity index (χ3v) is 4.17. The fourth-order valence-electron chi connectivity index (χ4n) is 2.04. The smallest absolute Gasteiger partial charge is 0.331 e. The van der Waals surface area contributed by atoms with Crippen LogP contribution in [0.25, 0.3) is 6.08 Å². The second kappa shape index (κ2) is 10.7. The van der Waals surface area contributed by atoms with Crippen molar-refractivity contribution in [2.45, 2.75) is 6.92 Å². The number of esters is 1. The van der Waals surface area contributed by atoms with Gasteiger partial charge in [-0.05, 0) is 42.1 Å². The lowest BCUT2D eigenvalue weighted by Crippen LogP contribution is -2.43. The average molecular weight is 404 g/mol. The predicted molar refractivity (Wildman–Crippen MR) is 104 cm³/mol. The van der Waals surface area contributed by atoms with Crippen LogP contribution in [0.3, 0.4) is 0 Å². The highest BCUT2D eigenvalue weighted by molar-refractivity contribution is 7.12. The van der Waals surface area contributed by atoms with Gasteiger partial charge in [-0.15, -0.1) is 11.3 Å². The lowest BCUT2D eigenvalue weighted by Gasteiger charge is -2.09. The monoisotopic (exact) mass is 404 g/mol. The Labute approximate surface area is 166 Å². The number of ether oxygens (including phenoxy) is 3. The van der Waals surface area contributed by atoms with Crippen molar-refractivity contribution in [3.63, 3.8) is 0 Å². The first-order valence-electron chi connectivity index (χ1n) is 8.31. The zero-order valence-corrected chi connectivity index (χ0v) is 16.2. The molecule has 1 heterocycles. The molecule has 28 heavy (non-hydrogen) atoms. The first-order valence-corrected chi connectivity index (χ1v) is 9.19. The van der Waals surface area contributed by atoms with Crippen LogP contribution in [0.2, 0.25) is 0 Å². The van der Waals surface area contributed by atoms with Gasteiger partial charge in [-0.2, -0.15) is 0 Å². The largest absolute Gasteiger partial charge is 0.493 e. The quantitative estimate of drug-likeness (QED) is 0.397. The van der Waals surface area contributed by atoms with E-state index >= 15 is 0 Å². The van der Waals surface area contributed by atoms with Crippen molar-refractivity contribution in [3.8, 4) is 11.5 Å². The van der Waals surface area contributed by atoms with Gasteiger partial charge in [0, 0.05) is 6.08 Å². The Bertz CT molecular complexity index is 848. The van der Waals surface area contributed by atoms with E-state index in [2.05, 4.69) is 10.9 Å². The average Bonchev–Trinajstić information content (AvgIpc) is 3.24. The summed E-state index contributed by atoms with van der Waals surface area (Å²) in [6, 6.07) is 8.53. The van der Waals surface area contributed by atoms with Gasteiger partial charge in [0.2, 0.25) is 0 Å². The summed E-state index contributed by atoms with van der Waals surface area (Å²) in [7, 11) is 1.52. The molecule has 0 bridgehead atoms. The molecule has 2 N–H and O–H groups in total. The molecule has 9 heteroatoms. The van der Waals surface area contributed by atoms with E-state index in [1.807, 2.05) is 6.92 Å². The second-order valence-corrected chi connectivity index (χ2v) is 6.21. The van der Waals surface area contributed by atoms with Crippen molar-refractivity contribution in [3.05, 3.63) is 52.2 Å². The van der Waals surface area contributed by atoms with Gasteiger partial charge in [0.05, 0.1) is 18.6 Å². The number of nitrogens with one attached hydrogen (secondary N) is 2. The summed E-state index contributed by atoms with van der Waals surface area (Å²) in [6.07, 6.45) is 2.71. The maximum atomic E-state index is 11.7. The fraction of sp³-hybridized carbons (Fsp3) is 0.211. The molecule has 0 spiro atoms. The van der Waals surface area contributed by atoms with Crippen LogP contribution in [-0.2, 0) is 14.3 Å². The van der Waals surface area contributed by atoms with Gasteiger partial charge in [0.1, 0.15) is 0 Å². The highest BCUT2D eigenvalue weighted by Crippen LogP contribution is 2.28. The Kier molecular flexibility index (Phi) is 8.04. The highest BCUT2D eigenvalue weighted by Gasteiger charge is 2.09. The minimum atomic E-state index is -0.701. The fourth-order valence-corrected chi connectivity index (χ4v) is 2.66. The first kappa shape index (κ1) is 21.0. The number of thiophene rings is 1. The summed E-state index contributed by atoms with van der Waals surface area (Å²) in [4.78, 5) is 35.5. The molecular formula is C19H20N2O6S. The van der Waals surface area contributed by atoms with Crippen LogP contribution in [0.15, 0.2) is 41.8 Å². The molecule has 8 nitrogen and oxygen atoms in total. The van der Waals surface area contributed by atoms with Crippen molar-refractivity contribution >= 4 is 35.2 Å². The van der Waals surface area contributed by atoms with Crippen LogP contribution in [0, 0.1) is 0 Å². The molecule has 0 aliphatic heterocycles. The molecule has 0 fully saturated rings. The van der Waals surface area contributed by atoms with Crippen molar-refractivity contribution in [2.24, 2.45) is 0 Å². The van der Waals surface area contributed by atoms with E-state index in [1.165, 1.54) is 30.6 Å². The lowest BCUT2D eigenvalue weighted by atomic mass is 10.2. The number of carbonyl (C=O) groups excluding carboxylic acids is 3. The van der Waals surface area contributed by atoms with Crippen molar-refractivity contribution in [1.29, 1.82) is 0 Å². The molecular weight excluding hydrogens is 384 g/mol. The summed E-state index contributed by atoms with van der Waals surface area (Å²) < 4.78 is 15.5. The predicted octanol–water partition coefficient (Wildman–Crippen LogP) is 2.17.